The van der Waals surface area contributed by atoms with Gasteiger partial charge in [0.25, 0.3) is 0 Å². The van der Waals surface area contributed by atoms with Gasteiger partial charge in [-0.3, -0.25) is 0 Å². The van der Waals surface area contributed by atoms with E-state index in [1.54, 1.807) is 0 Å². The first-order valence-corrected chi connectivity index (χ1v) is 9.20. The Morgan fingerprint density at radius 2 is 0.769 bits per heavy atom. The predicted molar refractivity (Wildman–Crippen MR) is 110 cm³/mol. The van der Waals surface area contributed by atoms with Gasteiger partial charge >= 0.3 is 0 Å². The number of aromatic nitrogens is 2. The Balaban J connectivity index is 1.82. The van der Waals surface area contributed by atoms with Crippen molar-refractivity contribution in [1.29, 1.82) is 0 Å². The molecule has 0 saturated heterocycles. The van der Waals surface area contributed by atoms with Crippen LogP contribution >= 0.6 is 0 Å². The third kappa shape index (κ3) is 4.01. The molecule has 0 amide bonds. The Morgan fingerprint density at radius 1 is 0.462 bits per heavy atom. The Kier molecular flexibility index (Phi) is 4.70. The van der Waals surface area contributed by atoms with Crippen molar-refractivity contribution in [3.05, 3.63) is 71.8 Å². The first-order valence-electron chi connectivity index (χ1n) is 9.20. The van der Waals surface area contributed by atoms with E-state index in [0.29, 0.717) is 0 Å². The van der Waals surface area contributed by atoms with Gasteiger partial charge in [0.05, 0.1) is 11.4 Å². The molecule has 0 aliphatic heterocycles. The van der Waals surface area contributed by atoms with E-state index in [1.807, 2.05) is 12.1 Å². The summed E-state index contributed by atoms with van der Waals surface area (Å²) in [7, 11) is 0. The highest BCUT2D eigenvalue weighted by molar-refractivity contribution is 5.64. The third-order valence-electron chi connectivity index (χ3n) is 4.76. The van der Waals surface area contributed by atoms with Gasteiger partial charge in [-0.2, -0.15) is 0 Å². The maximum absolute atomic E-state index is 4.44. The second-order valence-electron chi connectivity index (χ2n) is 8.96. The smallest absolute Gasteiger partial charge is 0.0930 e. The van der Waals surface area contributed by atoms with Crippen LogP contribution in [0.3, 0.4) is 0 Å². The first kappa shape index (κ1) is 18.3. The lowest BCUT2D eigenvalue weighted by molar-refractivity contribution is 0.590. The van der Waals surface area contributed by atoms with Crippen LogP contribution in [0, 0.1) is 0 Å². The van der Waals surface area contributed by atoms with E-state index in [4.69, 9.17) is 0 Å². The Morgan fingerprint density at radius 3 is 1.00 bits per heavy atom. The SMILES string of the molecule is CC(C)(C)c1ccc(-c2ccc(-c3ccc(C(C)(C)C)cc3)nn2)cc1. The summed E-state index contributed by atoms with van der Waals surface area (Å²) in [6.45, 7) is 13.3. The zero-order chi connectivity index (χ0) is 18.9. The van der Waals surface area contributed by atoms with Crippen LogP contribution in [-0.2, 0) is 10.8 Å². The second-order valence-corrected chi connectivity index (χ2v) is 8.96. The number of nitrogens with zero attached hydrogens (tertiary/aromatic N) is 2. The molecule has 0 radical (unpaired) electrons. The van der Waals surface area contributed by atoms with Gasteiger partial charge in [0, 0.05) is 11.1 Å². The van der Waals surface area contributed by atoms with Crippen molar-refractivity contribution in [2.45, 2.75) is 52.4 Å². The molecule has 0 bridgehead atoms. The zero-order valence-corrected chi connectivity index (χ0v) is 16.7. The van der Waals surface area contributed by atoms with Crippen molar-refractivity contribution in [1.82, 2.24) is 10.2 Å². The van der Waals surface area contributed by atoms with Crippen LogP contribution in [0.2, 0.25) is 0 Å². The van der Waals surface area contributed by atoms with Gasteiger partial charge in [0.1, 0.15) is 0 Å². The molecule has 0 aliphatic rings. The quantitative estimate of drug-likeness (QED) is 0.537. The maximum Gasteiger partial charge on any atom is 0.0930 e. The molecule has 0 fully saturated rings. The van der Waals surface area contributed by atoms with Gasteiger partial charge in [-0.05, 0) is 34.1 Å². The molecule has 2 aromatic carbocycles. The Hall–Kier alpha value is -2.48. The van der Waals surface area contributed by atoms with E-state index in [-0.39, 0.29) is 10.8 Å². The minimum absolute atomic E-state index is 0.160. The van der Waals surface area contributed by atoms with Gasteiger partial charge in [0.2, 0.25) is 0 Å². The third-order valence-corrected chi connectivity index (χ3v) is 4.76. The van der Waals surface area contributed by atoms with Crippen LogP contribution in [0.15, 0.2) is 60.7 Å². The number of rotatable bonds is 2. The maximum atomic E-state index is 4.44. The molecule has 0 atom stereocenters. The summed E-state index contributed by atoms with van der Waals surface area (Å²) in [4.78, 5) is 0. The lowest BCUT2D eigenvalue weighted by Gasteiger charge is -2.19. The number of hydrogen-bond acceptors (Lipinski definition) is 2. The summed E-state index contributed by atoms with van der Waals surface area (Å²) in [6, 6.07) is 21.3. The van der Waals surface area contributed by atoms with Crippen LogP contribution in [0.4, 0.5) is 0 Å². The summed E-state index contributed by atoms with van der Waals surface area (Å²) in [5.41, 5.74) is 6.97. The monoisotopic (exact) mass is 344 g/mol. The normalized spacial score (nSPS) is 12.2. The van der Waals surface area contributed by atoms with Crippen LogP contribution in [0.1, 0.15) is 52.7 Å². The lowest BCUT2D eigenvalue weighted by atomic mass is 9.86. The Bertz CT molecular complexity index is 783. The van der Waals surface area contributed by atoms with E-state index in [9.17, 15) is 0 Å². The molecule has 1 heterocycles. The van der Waals surface area contributed by atoms with Crippen molar-refractivity contribution in [2.24, 2.45) is 0 Å². The molecule has 0 aliphatic carbocycles. The van der Waals surface area contributed by atoms with E-state index >= 15 is 0 Å². The van der Waals surface area contributed by atoms with Gasteiger partial charge in [-0.25, -0.2) is 0 Å². The van der Waals surface area contributed by atoms with E-state index in [2.05, 4.69) is 100 Å². The topological polar surface area (TPSA) is 25.8 Å². The van der Waals surface area contributed by atoms with Gasteiger partial charge in [-0.15, -0.1) is 10.2 Å². The largest absolute Gasteiger partial charge is 0.150 e. The predicted octanol–water partition coefficient (Wildman–Crippen LogP) is 6.41. The van der Waals surface area contributed by atoms with Crippen LogP contribution < -0.4 is 0 Å². The van der Waals surface area contributed by atoms with Crippen molar-refractivity contribution in [2.75, 3.05) is 0 Å². The molecule has 134 valence electrons. The van der Waals surface area contributed by atoms with Crippen molar-refractivity contribution < 1.29 is 0 Å². The molecule has 26 heavy (non-hydrogen) atoms. The first-order chi connectivity index (χ1) is 12.1. The van der Waals surface area contributed by atoms with Crippen molar-refractivity contribution in [3.8, 4) is 22.5 Å². The molecule has 3 rings (SSSR count). The minimum atomic E-state index is 0.160. The summed E-state index contributed by atoms with van der Waals surface area (Å²) in [5, 5.41) is 8.88. The molecule has 1 aromatic heterocycles. The molecule has 2 heteroatoms. The van der Waals surface area contributed by atoms with Gasteiger partial charge in [-0.1, -0.05) is 90.1 Å². The average molecular weight is 345 g/mol. The lowest BCUT2D eigenvalue weighted by Crippen LogP contribution is -2.10. The Labute approximate surface area is 157 Å². The second kappa shape index (κ2) is 6.68. The highest BCUT2D eigenvalue weighted by atomic mass is 15.1. The summed E-state index contributed by atoms with van der Waals surface area (Å²) < 4.78 is 0. The molecule has 2 nitrogen and oxygen atoms in total. The highest BCUT2D eigenvalue weighted by Crippen LogP contribution is 2.27. The van der Waals surface area contributed by atoms with E-state index in [0.717, 1.165) is 22.5 Å². The van der Waals surface area contributed by atoms with Gasteiger partial charge in [0.15, 0.2) is 0 Å². The van der Waals surface area contributed by atoms with E-state index in [1.165, 1.54) is 11.1 Å². The standard InChI is InChI=1S/C24H28N2/c1-23(2,3)19-11-7-17(8-12-19)21-15-16-22(26-25-21)18-9-13-20(14-10-18)24(4,5)6/h7-16H,1-6H3. The molecular formula is C24H28N2. The molecule has 0 unspecified atom stereocenters. The molecule has 0 saturated carbocycles. The van der Waals surface area contributed by atoms with Crippen LogP contribution in [0.5, 0.6) is 0 Å². The van der Waals surface area contributed by atoms with Crippen LogP contribution in [-0.4, -0.2) is 10.2 Å². The summed E-state index contributed by atoms with van der Waals surface area (Å²) in [6.07, 6.45) is 0. The van der Waals surface area contributed by atoms with E-state index < -0.39 is 0 Å². The summed E-state index contributed by atoms with van der Waals surface area (Å²) >= 11 is 0. The highest BCUT2D eigenvalue weighted by Gasteiger charge is 2.14. The fraction of sp³-hybridized carbons (Fsp3) is 0.333. The zero-order valence-electron chi connectivity index (χ0n) is 16.7. The molecule has 0 spiro atoms. The summed E-state index contributed by atoms with van der Waals surface area (Å²) in [5.74, 6) is 0. The minimum Gasteiger partial charge on any atom is -0.150 e. The number of hydrogen-bond donors (Lipinski definition) is 0. The van der Waals surface area contributed by atoms with Gasteiger partial charge < -0.3 is 0 Å². The van der Waals surface area contributed by atoms with Crippen LogP contribution in [0.25, 0.3) is 22.5 Å². The molecular weight excluding hydrogens is 316 g/mol. The molecule has 3 aromatic rings. The molecule has 0 N–H and O–H groups in total. The fourth-order valence-electron chi connectivity index (χ4n) is 2.92. The van der Waals surface area contributed by atoms with Crippen molar-refractivity contribution >= 4 is 0 Å². The number of benzene rings is 2. The average Bonchev–Trinajstić information content (AvgIpc) is 2.61. The fourth-order valence-corrected chi connectivity index (χ4v) is 2.92. The van der Waals surface area contributed by atoms with Crippen molar-refractivity contribution in [3.63, 3.8) is 0 Å².